The number of benzene rings is 2. The molecule has 0 bridgehead atoms. The van der Waals surface area contributed by atoms with Crippen LogP contribution in [-0.4, -0.2) is 26.0 Å². The lowest BCUT2D eigenvalue weighted by Gasteiger charge is -2.18. The molecule has 1 unspecified atom stereocenters. The Morgan fingerprint density at radius 3 is 2.69 bits per heavy atom. The third kappa shape index (κ3) is 6.33. The second-order valence-corrected chi connectivity index (χ2v) is 7.48. The molecule has 0 aliphatic carbocycles. The lowest BCUT2D eigenvalue weighted by atomic mass is 9.89. The maximum absolute atomic E-state index is 11.7. The molecule has 29 heavy (non-hydrogen) atoms. The zero-order valence-electron chi connectivity index (χ0n) is 17.4. The Morgan fingerprint density at radius 2 is 2.03 bits per heavy atom. The van der Waals surface area contributed by atoms with Crippen LogP contribution in [0, 0.1) is 6.92 Å². The molecule has 0 heterocycles. The SMILES string of the molecule is CCC(CCc1cccc(OCCCC=O)c1C)c1ccc(C(=O)OC)c(Cl)c1. The Bertz CT molecular complexity index is 832. The number of carbonyl (C=O) groups is 2. The second-order valence-electron chi connectivity index (χ2n) is 7.07. The zero-order chi connectivity index (χ0) is 21.2. The first-order valence-corrected chi connectivity index (χ1v) is 10.4. The number of aldehydes is 1. The first-order chi connectivity index (χ1) is 14.0. The van der Waals surface area contributed by atoms with Crippen LogP contribution in [0.25, 0.3) is 0 Å². The van der Waals surface area contributed by atoms with Gasteiger partial charge in [0.1, 0.15) is 12.0 Å². The van der Waals surface area contributed by atoms with Gasteiger partial charge in [0.2, 0.25) is 0 Å². The minimum Gasteiger partial charge on any atom is -0.493 e. The lowest BCUT2D eigenvalue weighted by molar-refractivity contribution is -0.108. The number of hydrogen-bond donors (Lipinski definition) is 0. The van der Waals surface area contributed by atoms with Gasteiger partial charge in [0.15, 0.2) is 0 Å². The topological polar surface area (TPSA) is 52.6 Å². The molecule has 0 fully saturated rings. The van der Waals surface area contributed by atoms with E-state index in [4.69, 9.17) is 21.1 Å². The normalized spacial score (nSPS) is 11.7. The molecule has 0 saturated carbocycles. The van der Waals surface area contributed by atoms with Crippen LogP contribution in [0.15, 0.2) is 36.4 Å². The van der Waals surface area contributed by atoms with Crippen molar-refractivity contribution in [1.29, 1.82) is 0 Å². The van der Waals surface area contributed by atoms with Crippen LogP contribution in [0.1, 0.15) is 65.6 Å². The monoisotopic (exact) mass is 416 g/mol. The van der Waals surface area contributed by atoms with E-state index >= 15 is 0 Å². The zero-order valence-corrected chi connectivity index (χ0v) is 18.1. The molecule has 0 amide bonds. The number of halogens is 1. The fourth-order valence-electron chi connectivity index (χ4n) is 3.43. The largest absolute Gasteiger partial charge is 0.493 e. The van der Waals surface area contributed by atoms with Crippen molar-refractivity contribution in [2.75, 3.05) is 13.7 Å². The summed E-state index contributed by atoms with van der Waals surface area (Å²) < 4.78 is 10.6. The maximum atomic E-state index is 11.7. The predicted molar refractivity (Wildman–Crippen MR) is 116 cm³/mol. The molecular formula is C24H29ClO4. The molecule has 5 heteroatoms. The number of esters is 1. The van der Waals surface area contributed by atoms with E-state index in [2.05, 4.69) is 19.9 Å². The van der Waals surface area contributed by atoms with E-state index in [-0.39, 0.29) is 0 Å². The van der Waals surface area contributed by atoms with Gasteiger partial charge in [-0.25, -0.2) is 4.79 Å². The first-order valence-electron chi connectivity index (χ1n) is 10.0. The third-order valence-corrected chi connectivity index (χ3v) is 5.56. The van der Waals surface area contributed by atoms with Gasteiger partial charge >= 0.3 is 5.97 Å². The number of ether oxygens (including phenoxy) is 2. The van der Waals surface area contributed by atoms with E-state index in [0.29, 0.717) is 29.5 Å². The molecule has 0 spiro atoms. The van der Waals surface area contributed by atoms with Crippen molar-refractivity contribution in [3.63, 3.8) is 0 Å². The van der Waals surface area contributed by atoms with Gasteiger partial charge < -0.3 is 14.3 Å². The highest BCUT2D eigenvalue weighted by molar-refractivity contribution is 6.33. The Balaban J connectivity index is 2.06. The molecule has 0 N–H and O–H groups in total. The van der Waals surface area contributed by atoms with Gasteiger partial charge in [-0.15, -0.1) is 0 Å². The van der Waals surface area contributed by atoms with Crippen molar-refractivity contribution < 1.29 is 19.1 Å². The summed E-state index contributed by atoms with van der Waals surface area (Å²) in [4.78, 5) is 22.2. The molecule has 1 atom stereocenters. The van der Waals surface area contributed by atoms with Crippen molar-refractivity contribution in [3.8, 4) is 5.75 Å². The van der Waals surface area contributed by atoms with Crippen molar-refractivity contribution in [2.45, 2.75) is 51.9 Å². The molecule has 0 aliphatic rings. The summed E-state index contributed by atoms with van der Waals surface area (Å²) in [5, 5.41) is 0.426. The molecular weight excluding hydrogens is 388 g/mol. The minimum absolute atomic E-state index is 0.343. The van der Waals surface area contributed by atoms with Crippen LogP contribution in [-0.2, 0) is 16.0 Å². The van der Waals surface area contributed by atoms with E-state index in [1.165, 1.54) is 12.7 Å². The van der Waals surface area contributed by atoms with Crippen molar-refractivity contribution in [1.82, 2.24) is 0 Å². The summed E-state index contributed by atoms with van der Waals surface area (Å²) >= 11 is 6.30. The highest BCUT2D eigenvalue weighted by Crippen LogP contribution is 2.31. The fourth-order valence-corrected chi connectivity index (χ4v) is 3.70. The number of aryl methyl sites for hydroxylation is 1. The van der Waals surface area contributed by atoms with Gasteiger partial charge in [0, 0.05) is 6.42 Å². The highest BCUT2D eigenvalue weighted by Gasteiger charge is 2.16. The van der Waals surface area contributed by atoms with Gasteiger partial charge in [-0.1, -0.05) is 36.7 Å². The molecule has 156 valence electrons. The maximum Gasteiger partial charge on any atom is 0.339 e. The van der Waals surface area contributed by atoms with Crippen LogP contribution in [0.3, 0.4) is 0 Å². The Hall–Kier alpha value is -2.33. The Labute approximate surface area is 178 Å². The molecule has 2 aromatic carbocycles. The number of methoxy groups -OCH3 is 1. The summed E-state index contributed by atoms with van der Waals surface area (Å²) in [5.41, 5.74) is 3.92. The van der Waals surface area contributed by atoms with Crippen molar-refractivity contribution >= 4 is 23.9 Å². The fraction of sp³-hybridized carbons (Fsp3) is 0.417. The van der Waals surface area contributed by atoms with Crippen molar-refractivity contribution in [2.24, 2.45) is 0 Å². The van der Waals surface area contributed by atoms with Crippen LogP contribution in [0.5, 0.6) is 5.75 Å². The highest BCUT2D eigenvalue weighted by atomic mass is 35.5. The lowest BCUT2D eigenvalue weighted by Crippen LogP contribution is -2.05. The van der Waals surface area contributed by atoms with Crippen LogP contribution in [0.2, 0.25) is 5.02 Å². The van der Waals surface area contributed by atoms with Gasteiger partial charge in [0.25, 0.3) is 0 Å². The Kier molecular flexibility index (Phi) is 9.20. The first kappa shape index (κ1) is 23.0. The average Bonchev–Trinajstić information content (AvgIpc) is 2.73. The molecule has 0 aliphatic heterocycles. The number of hydrogen-bond acceptors (Lipinski definition) is 4. The van der Waals surface area contributed by atoms with E-state index < -0.39 is 5.97 Å². The smallest absolute Gasteiger partial charge is 0.339 e. The van der Waals surface area contributed by atoms with E-state index in [0.717, 1.165) is 48.8 Å². The summed E-state index contributed by atoms with van der Waals surface area (Å²) in [6, 6.07) is 11.7. The van der Waals surface area contributed by atoms with Gasteiger partial charge in [-0.05, 0) is 73.4 Å². The second kappa shape index (κ2) is 11.6. The summed E-state index contributed by atoms with van der Waals surface area (Å²) in [7, 11) is 1.35. The van der Waals surface area contributed by atoms with Crippen LogP contribution < -0.4 is 4.74 Å². The summed E-state index contributed by atoms with van der Waals surface area (Å²) in [5.74, 6) is 0.804. The van der Waals surface area contributed by atoms with E-state index in [1.54, 1.807) is 6.07 Å². The molecule has 2 rings (SSSR count). The van der Waals surface area contributed by atoms with Crippen molar-refractivity contribution in [3.05, 3.63) is 63.7 Å². The molecule has 4 nitrogen and oxygen atoms in total. The number of carbonyl (C=O) groups excluding carboxylic acids is 2. The predicted octanol–water partition coefficient (Wildman–Crippen LogP) is 5.92. The minimum atomic E-state index is -0.421. The molecule has 2 aromatic rings. The van der Waals surface area contributed by atoms with Gasteiger partial charge in [0.05, 0.1) is 24.3 Å². The summed E-state index contributed by atoms with van der Waals surface area (Å²) in [6.45, 7) is 4.78. The van der Waals surface area contributed by atoms with Crippen LogP contribution in [0.4, 0.5) is 0 Å². The number of unbranched alkanes of at least 4 members (excludes halogenated alkanes) is 1. The quantitative estimate of drug-likeness (QED) is 0.259. The summed E-state index contributed by atoms with van der Waals surface area (Å²) in [6.07, 6.45) is 5.05. The van der Waals surface area contributed by atoms with Gasteiger partial charge in [-0.3, -0.25) is 0 Å². The average molecular weight is 417 g/mol. The molecule has 0 radical (unpaired) electrons. The van der Waals surface area contributed by atoms with E-state index in [9.17, 15) is 9.59 Å². The molecule has 0 aromatic heterocycles. The standard InChI is InChI=1S/C24H29ClO4/c1-4-18(20-12-13-21(22(25)16-20)24(27)28-3)10-11-19-8-7-9-23(17(19)2)29-15-6-5-14-26/h7-9,12-14,16,18H,4-6,10-11,15H2,1-3H3. The third-order valence-electron chi connectivity index (χ3n) is 5.24. The van der Waals surface area contributed by atoms with Crippen LogP contribution >= 0.6 is 11.6 Å². The Morgan fingerprint density at radius 1 is 1.24 bits per heavy atom. The molecule has 0 saturated heterocycles. The van der Waals surface area contributed by atoms with E-state index in [1.807, 2.05) is 24.3 Å². The number of rotatable bonds is 11. The van der Waals surface area contributed by atoms with Gasteiger partial charge in [-0.2, -0.15) is 0 Å².